The van der Waals surface area contributed by atoms with Crippen molar-refractivity contribution in [1.29, 1.82) is 0 Å². The van der Waals surface area contributed by atoms with E-state index in [4.69, 9.17) is 0 Å². The highest BCUT2D eigenvalue weighted by molar-refractivity contribution is 9.10. The van der Waals surface area contributed by atoms with E-state index >= 15 is 0 Å². The van der Waals surface area contributed by atoms with E-state index in [0.29, 0.717) is 4.47 Å². The largest absolute Gasteiger partial charge is 0.452 e. The molecule has 1 aromatic heterocycles. The minimum Gasteiger partial charge on any atom is -0.452 e. The number of pyridine rings is 1. The molecule has 0 aliphatic heterocycles. The minimum atomic E-state index is -4.00. The van der Waals surface area contributed by atoms with Gasteiger partial charge in [-0.2, -0.15) is 8.42 Å². The standard InChI is InChI=1S/C7H8BrN3O4S/c1-15-7(12)11-16(13,14)10-6-2-3-9-4-5(6)8/h2-4H,1H3,(H,9,10)(H,11,12). The third-order valence-corrected chi connectivity index (χ3v) is 2.98. The molecule has 0 aliphatic carbocycles. The molecule has 2 N–H and O–H groups in total. The van der Waals surface area contributed by atoms with Gasteiger partial charge in [-0.25, -0.2) is 9.52 Å². The molecule has 16 heavy (non-hydrogen) atoms. The molecule has 0 fully saturated rings. The van der Waals surface area contributed by atoms with Gasteiger partial charge in [0.25, 0.3) is 0 Å². The van der Waals surface area contributed by atoms with E-state index < -0.39 is 16.3 Å². The Kier molecular flexibility index (Phi) is 4.07. The monoisotopic (exact) mass is 309 g/mol. The number of hydrogen-bond acceptors (Lipinski definition) is 5. The van der Waals surface area contributed by atoms with E-state index in [-0.39, 0.29) is 5.69 Å². The van der Waals surface area contributed by atoms with E-state index in [2.05, 4.69) is 30.4 Å². The van der Waals surface area contributed by atoms with Crippen LogP contribution in [-0.2, 0) is 14.9 Å². The molecule has 0 radical (unpaired) electrons. The quantitative estimate of drug-likeness (QED) is 0.863. The Labute approximate surface area is 101 Å². The highest BCUT2D eigenvalue weighted by Gasteiger charge is 2.15. The second-order valence-electron chi connectivity index (χ2n) is 2.55. The summed E-state index contributed by atoms with van der Waals surface area (Å²) in [6.07, 6.45) is 1.74. The predicted octanol–water partition coefficient (Wildman–Crippen LogP) is 0.857. The maximum atomic E-state index is 11.4. The maximum absolute atomic E-state index is 11.4. The first kappa shape index (κ1) is 12.7. The summed E-state index contributed by atoms with van der Waals surface area (Å²) in [6.45, 7) is 0. The first-order valence-electron chi connectivity index (χ1n) is 3.92. The molecule has 0 saturated heterocycles. The fraction of sp³-hybridized carbons (Fsp3) is 0.143. The van der Waals surface area contributed by atoms with E-state index in [1.54, 1.807) is 4.72 Å². The summed E-state index contributed by atoms with van der Waals surface area (Å²) in [7, 11) is -2.94. The maximum Gasteiger partial charge on any atom is 0.422 e. The van der Waals surface area contributed by atoms with Crippen LogP contribution < -0.4 is 9.44 Å². The van der Waals surface area contributed by atoms with Crippen LogP contribution in [0.1, 0.15) is 0 Å². The van der Waals surface area contributed by atoms with Gasteiger partial charge in [-0.05, 0) is 22.0 Å². The second-order valence-corrected chi connectivity index (χ2v) is 4.82. The van der Waals surface area contributed by atoms with Crippen molar-refractivity contribution in [1.82, 2.24) is 9.71 Å². The normalized spacial score (nSPS) is 10.6. The lowest BCUT2D eigenvalue weighted by atomic mass is 10.4. The van der Waals surface area contributed by atoms with Crippen LogP contribution in [0.5, 0.6) is 0 Å². The number of ether oxygens (including phenoxy) is 1. The van der Waals surface area contributed by atoms with Crippen LogP contribution in [-0.4, -0.2) is 26.6 Å². The summed E-state index contributed by atoms with van der Waals surface area (Å²) in [5.74, 6) is 0. The minimum absolute atomic E-state index is 0.256. The number of aromatic nitrogens is 1. The van der Waals surface area contributed by atoms with Crippen molar-refractivity contribution < 1.29 is 17.9 Å². The Hall–Kier alpha value is -1.35. The Morgan fingerprint density at radius 2 is 2.25 bits per heavy atom. The summed E-state index contributed by atoms with van der Waals surface area (Å²) >= 11 is 3.10. The van der Waals surface area contributed by atoms with Gasteiger partial charge < -0.3 is 4.74 Å². The van der Waals surface area contributed by atoms with Crippen LogP contribution in [0.3, 0.4) is 0 Å². The fourth-order valence-electron chi connectivity index (χ4n) is 0.780. The molecule has 0 aromatic carbocycles. The van der Waals surface area contributed by atoms with E-state index in [1.807, 2.05) is 0 Å². The molecule has 0 unspecified atom stereocenters. The number of carbonyl (C=O) groups excluding carboxylic acids is 1. The van der Waals surface area contributed by atoms with Gasteiger partial charge in [0.2, 0.25) is 0 Å². The molecule has 9 heteroatoms. The van der Waals surface area contributed by atoms with Gasteiger partial charge in [-0.3, -0.25) is 9.71 Å². The average molecular weight is 310 g/mol. The number of methoxy groups -OCH3 is 1. The van der Waals surface area contributed by atoms with E-state index in [9.17, 15) is 13.2 Å². The van der Waals surface area contributed by atoms with Crippen LogP contribution in [0.15, 0.2) is 22.9 Å². The van der Waals surface area contributed by atoms with Crippen molar-refractivity contribution in [2.24, 2.45) is 0 Å². The lowest BCUT2D eigenvalue weighted by Gasteiger charge is -2.09. The molecule has 0 aliphatic rings. The highest BCUT2D eigenvalue weighted by atomic mass is 79.9. The average Bonchev–Trinajstić information content (AvgIpc) is 2.20. The zero-order chi connectivity index (χ0) is 12.2. The molecular weight excluding hydrogens is 302 g/mol. The van der Waals surface area contributed by atoms with Gasteiger partial charge in [-0.15, -0.1) is 0 Å². The fourth-order valence-corrected chi connectivity index (χ4v) is 2.08. The van der Waals surface area contributed by atoms with Crippen molar-refractivity contribution in [3.8, 4) is 0 Å². The Bertz CT molecular complexity index is 490. The number of hydrogen-bond donors (Lipinski definition) is 2. The predicted molar refractivity (Wildman–Crippen MR) is 60.0 cm³/mol. The number of amides is 1. The van der Waals surface area contributed by atoms with Gasteiger partial charge in [-0.1, -0.05) is 0 Å². The van der Waals surface area contributed by atoms with Crippen LogP contribution in [0, 0.1) is 0 Å². The number of anilines is 1. The summed E-state index contributed by atoms with van der Waals surface area (Å²) < 4.78 is 31.1. The highest BCUT2D eigenvalue weighted by Crippen LogP contribution is 2.20. The van der Waals surface area contributed by atoms with E-state index in [0.717, 1.165) is 7.11 Å². The Morgan fingerprint density at radius 3 is 2.81 bits per heavy atom. The van der Waals surface area contributed by atoms with E-state index in [1.165, 1.54) is 18.5 Å². The van der Waals surface area contributed by atoms with Gasteiger partial charge >= 0.3 is 16.3 Å². The molecule has 0 atom stereocenters. The number of carbonyl (C=O) groups is 1. The summed E-state index contributed by atoms with van der Waals surface area (Å²) in [4.78, 5) is 14.5. The lowest BCUT2D eigenvalue weighted by molar-refractivity contribution is 0.177. The second kappa shape index (κ2) is 5.12. The third kappa shape index (κ3) is 3.66. The van der Waals surface area contributed by atoms with Crippen LogP contribution in [0.25, 0.3) is 0 Å². The topological polar surface area (TPSA) is 97.4 Å². The Balaban J connectivity index is 2.81. The molecule has 0 saturated carbocycles. The summed E-state index contributed by atoms with van der Waals surface area (Å²) in [5, 5.41) is 0. The number of nitrogens with zero attached hydrogens (tertiary/aromatic N) is 1. The Morgan fingerprint density at radius 1 is 1.56 bits per heavy atom. The zero-order valence-corrected chi connectivity index (χ0v) is 10.5. The lowest BCUT2D eigenvalue weighted by Crippen LogP contribution is -2.35. The van der Waals surface area contributed by atoms with Gasteiger partial charge in [0, 0.05) is 12.4 Å². The van der Waals surface area contributed by atoms with Gasteiger partial charge in [0.1, 0.15) is 0 Å². The number of halogens is 1. The van der Waals surface area contributed by atoms with Crippen molar-refractivity contribution >= 4 is 37.9 Å². The molecule has 1 amide bonds. The number of rotatable bonds is 3. The molecular formula is C7H8BrN3O4S. The smallest absolute Gasteiger partial charge is 0.422 e. The SMILES string of the molecule is COC(=O)NS(=O)(=O)Nc1ccncc1Br. The van der Waals surface area contributed by atoms with Crippen LogP contribution in [0.2, 0.25) is 0 Å². The summed E-state index contributed by atoms with van der Waals surface area (Å²) in [6, 6.07) is 1.43. The molecule has 1 heterocycles. The zero-order valence-electron chi connectivity index (χ0n) is 8.10. The van der Waals surface area contributed by atoms with Crippen molar-refractivity contribution in [2.75, 3.05) is 11.8 Å². The first-order chi connectivity index (χ1) is 7.44. The van der Waals surface area contributed by atoms with Crippen LogP contribution in [0.4, 0.5) is 10.5 Å². The van der Waals surface area contributed by atoms with Gasteiger partial charge in [0.05, 0.1) is 17.3 Å². The molecule has 7 nitrogen and oxygen atoms in total. The number of nitrogens with one attached hydrogen (secondary N) is 2. The molecule has 0 bridgehead atoms. The van der Waals surface area contributed by atoms with Crippen molar-refractivity contribution in [3.63, 3.8) is 0 Å². The van der Waals surface area contributed by atoms with Gasteiger partial charge in [0.15, 0.2) is 0 Å². The molecule has 88 valence electrons. The summed E-state index contributed by atoms with van der Waals surface area (Å²) in [5.41, 5.74) is 0.256. The van der Waals surface area contributed by atoms with Crippen molar-refractivity contribution in [2.45, 2.75) is 0 Å². The molecule has 1 rings (SSSR count). The van der Waals surface area contributed by atoms with Crippen LogP contribution >= 0.6 is 15.9 Å². The first-order valence-corrected chi connectivity index (χ1v) is 6.20. The molecule has 0 spiro atoms. The molecule has 1 aromatic rings. The van der Waals surface area contributed by atoms with Crippen molar-refractivity contribution in [3.05, 3.63) is 22.9 Å². The third-order valence-electron chi connectivity index (χ3n) is 1.42.